The molecule has 3 aromatic carbocycles. The summed E-state index contributed by atoms with van der Waals surface area (Å²) in [4.78, 5) is 43.8. The molecule has 2 amide bonds. The lowest BCUT2D eigenvalue weighted by Crippen LogP contribution is -2.62. The molecule has 0 aromatic heterocycles. The molecule has 0 unspecified atom stereocenters. The summed E-state index contributed by atoms with van der Waals surface area (Å²) in [6.45, 7) is 1.72. The van der Waals surface area contributed by atoms with Crippen molar-refractivity contribution in [1.29, 1.82) is 0 Å². The van der Waals surface area contributed by atoms with Gasteiger partial charge in [0.1, 0.15) is 23.1 Å². The zero-order chi connectivity index (χ0) is 37.5. The highest BCUT2D eigenvalue weighted by molar-refractivity contribution is 9.10. The summed E-state index contributed by atoms with van der Waals surface area (Å²) in [6, 6.07) is 18.2. The van der Waals surface area contributed by atoms with Crippen molar-refractivity contribution in [3.63, 3.8) is 0 Å². The molecule has 2 heterocycles. The van der Waals surface area contributed by atoms with E-state index in [4.69, 9.17) is 18.9 Å². The van der Waals surface area contributed by atoms with E-state index in [2.05, 4.69) is 45.5 Å². The Kier molecular flexibility index (Phi) is 12.7. The van der Waals surface area contributed by atoms with Gasteiger partial charge in [-0.25, -0.2) is 4.39 Å². The van der Waals surface area contributed by atoms with Crippen molar-refractivity contribution in [2.45, 2.75) is 76.0 Å². The lowest BCUT2D eigenvalue weighted by atomic mass is 9.82. The molecule has 1 N–H and O–H groups in total. The van der Waals surface area contributed by atoms with Crippen LogP contribution in [0.4, 0.5) is 4.39 Å². The van der Waals surface area contributed by atoms with Crippen LogP contribution in [0.25, 0.3) is 5.57 Å². The first-order chi connectivity index (χ1) is 25.6. The van der Waals surface area contributed by atoms with Crippen LogP contribution >= 0.6 is 15.9 Å². The Morgan fingerprint density at radius 2 is 1.64 bits per heavy atom. The summed E-state index contributed by atoms with van der Waals surface area (Å²) in [5, 5.41) is 3.68. The van der Waals surface area contributed by atoms with Crippen molar-refractivity contribution < 1.29 is 37.7 Å². The number of methoxy groups -OCH3 is 3. The molecular weight excluding hydrogens is 745 g/mol. The third kappa shape index (κ3) is 9.77. The molecule has 6 rings (SSSR count). The lowest BCUT2D eigenvalue weighted by molar-refractivity contribution is -0.141. The molecule has 1 saturated carbocycles. The van der Waals surface area contributed by atoms with E-state index >= 15 is 0 Å². The number of rotatable bonds is 16. The Morgan fingerprint density at radius 3 is 2.32 bits per heavy atom. The maximum absolute atomic E-state index is 14.9. The SMILES string of the molecule is COC(=O)CCCC(=O)N1C[C@H]2CC(c3ccc(CCCOc4cc(F)ccc4Br)cc3)=C(C(=O)N(Cc3cc(OC)cc(OC)c3)C3CC3)[C@@H](C1)N2. The van der Waals surface area contributed by atoms with Crippen LogP contribution in [0, 0.1) is 5.82 Å². The topological polar surface area (TPSA) is 107 Å². The minimum atomic E-state index is -0.352. The number of hydrogen-bond donors (Lipinski definition) is 1. The predicted octanol–water partition coefficient (Wildman–Crippen LogP) is 6.48. The third-order valence-electron chi connectivity index (χ3n) is 10.1. The van der Waals surface area contributed by atoms with E-state index in [1.807, 2.05) is 28.0 Å². The van der Waals surface area contributed by atoms with Crippen LogP contribution in [0.2, 0.25) is 0 Å². The number of hydrogen-bond acceptors (Lipinski definition) is 8. The molecule has 53 heavy (non-hydrogen) atoms. The Bertz CT molecular complexity index is 1810. The first-order valence-electron chi connectivity index (χ1n) is 18.2. The normalized spacial score (nSPS) is 18.0. The van der Waals surface area contributed by atoms with E-state index in [1.165, 1.54) is 19.2 Å². The van der Waals surface area contributed by atoms with Gasteiger partial charge in [0.15, 0.2) is 0 Å². The number of ether oxygens (including phenoxy) is 4. The Hall–Kier alpha value is -4.42. The van der Waals surface area contributed by atoms with Gasteiger partial charge in [0.05, 0.1) is 38.5 Å². The lowest BCUT2D eigenvalue weighted by Gasteiger charge is -2.45. The molecule has 282 valence electrons. The van der Waals surface area contributed by atoms with Crippen molar-refractivity contribution in [2.75, 3.05) is 41.0 Å². The zero-order valence-corrected chi connectivity index (χ0v) is 32.1. The van der Waals surface area contributed by atoms with Crippen molar-refractivity contribution in [1.82, 2.24) is 15.1 Å². The first-order valence-corrected chi connectivity index (χ1v) is 19.0. The monoisotopic (exact) mass is 791 g/mol. The molecule has 2 atom stereocenters. The smallest absolute Gasteiger partial charge is 0.305 e. The van der Waals surface area contributed by atoms with Crippen molar-refractivity contribution in [2.24, 2.45) is 0 Å². The van der Waals surface area contributed by atoms with E-state index in [1.54, 1.807) is 20.3 Å². The van der Waals surface area contributed by atoms with Gasteiger partial charge in [-0.2, -0.15) is 0 Å². The van der Waals surface area contributed by atoms with Gasteiger partial charge in [0, 0.05) is 62.3 Å². The summed E-state index contributed by atoms with van der Waals surface area (Å²) >= 11 is 3.41. The van der Waals surface area contributed by atoms with Crippen LogP contribution in [0.3, 0.4) is 0 Å². The fraction of sp³-hybridized carbons (Fsp3) is 0.439. The molecule has 3 aliphatic rings. The van der Waals surface area contributed by atoms with Gasteiger partial charge in [-0.1, -0.05) is 24.3 Å². The predicted molar refractivity (Wildman–Crippen MR) is 202 cm³/mol. The van der Waals surface area contributed by atoms with Gasteiger partial charge in [0.2, 0.25) is 5.91 Å². The summed E-state index contributed by atoms with van der Waals surface area (Å²) < 4.78 is 36.0. The van der Waals surface area contributed by atoms with Gasteiger partial charge in [0.25, 0.3) is 5.91 Å². The molecule has 0 radical (unpaired) electrons. The summed E-state index contributed by atoms with van der Waals surface area (Å²) in [6.07, 6.45) is 4.81. The molecule has 2 fully saturated rings. The van der Waals surface area contributed by atoms with Gasteiger partial charge in [-0.3, -0.25) is 14.4 Å². The molecule has 12 heteroatoms. The average molecular weight is 793 g/mol. The Balaban J connectivity index is 1.24. The van der Waals surface area contributed by atoms with E-state index in [9.17, 15) is 18.8 Å². The van der Waals surface area contributed by atoms with Crippen LogP contribution in [0.15, 0.2) is 70.7 Å². The highest BCUT2D eigenvalue weighted by Gasteiger charge is 2.43. The van der Waals surface area contributed by atoms with Crippen molar-refractivity contribution in [3.05, 3.63) is 93.2 Å². The molecule has 1 aliphatic carbocycles. The molecule has 0 spiro atoms. The molecule has 3 aromatic rings. The van der Waals surface area contributed by atoms with Crippen molar-refractivity contribution in [3.8, 4) is 17.2 Å². The number of benzene rings is 3. The molecule has 10 nitrogen and oxygen atoms in total. The summed E-state index contributed by atoms with van der Waals surface area (Å²) in [5.74, 6) is 1.06. The number of esters is 1. The highest BCUT2D eigenvalue weighted by atomic mass is 79.9. The van der Waals surface area contributed by atoms with E-state index in [-0.39, 0.29) is 54.6 Å². The van der Waals surface area contributed by atoms with E-state index in [0.717, 1.165) is 47.9 Å². The largest absolute Gasteiger partial charge is 0.497 e. The molecule has 2 aliphatic heterocycles. The second-order valence-electron chi connectivity index (χ2n) is 13.8. The quantitative estimate of drug-likeness (QED) is 0.130. The molecule has 1 saturated heterocycles. The van der Waals surface area contributed by atoms with E-state index < -0.39 is 0 Å². The second kappa shape index (κ2) is 17.6. The maximum atomic E-state index is 14.9. The summed E-state index contributed by atoms with van der Waals surface area (Å²) in [5.41, 5.74) is 4.73. The maximum Gasteiger partial charge on any atom is 0.305 e. The minimum Gasteiger partial charge on any atom is -0.497 e. The number of halogens is 2. The second-order valence-corrected chi connectivity index (χ2v) is 14.7. The number of aryl methyl sites for hydroxylation is 1. The van der Waals surface area contributed by atoms with Crippen LogP contribution in [-0.4, -0.2) is 86.7 Å². The van der Waals surface area contributed by atoms with E-state index in [0.29, 0.717) is 66.4 Å². The number of amides is 2. The van der Waals surface area contributed by atoms with Crippen LogP contribution in [0.1, 0.15) is 61.6 Å². The van der Waals surface area contributed by atoms with Crippen LogP contribution < -0.4 is 19.5 Å². The highest BCUT2D eigenvalue weighted by Crippen LogP contribution is 2.38. The van der Waals surface area contributed by atoms with Gasteiger partial charge in [-0.05, 0) is 101 Å². The van der Waals surface area contributed by atoms with Crippen LogP contribution in [0.5, 0.6) is 17.2 Å². The third-order valence-corrected chi connectivity index (χ3v) is 10.7. The fourth-order valence-electron chi connectivity index (χ4n) is 7.20. The minimum absolute atomic E-state index is 0.0266. The number of nitrogens with one attached hydrogen (secondary N) is 1. The standard InChI is InChI=1S/C41H47BrFN3O7/c1-50-32-18-27(19-33(22-32)51-2)23-46(31-14-15-31)41(49)40-34(21-30-24-45(25-36(40)44-30)38(47)7-4-8-39(48)52-3)28-11-9-26(10-12-28)6-5-17-53-37-20-29(43)13-16-35(37)42/h9-13,16,18-20,22,30-31,36,44H,4-8,14-15,17,21,23-25H2,1-3H3/t30-,36-/m1/s1. The summed E-state index contributed by atoms with van der Waals surface area (Å²) in [7, 11) is 4.57. The van der Waals surface area contributed by atoms with Gasteiger partial charge < -0.3 is 34.1 Å². The van der Waals surface area contributed by atoms with Crippen LogP contribution in [-0.2, 0) is 32.1 Å². The number of nitrogens with zero attached hydrogens (tertiary/aromatic N) is 2. The number of carbonyl (C=O) groups excluding carboxylic acids is 3. The Morgan fingerprint density at radius 1 is 0.906 bits per heavy atom. The van der Waals surface area contributed by atoms with Crippen molar-refractivity contribution >= 4 is 39.3 Å². The first kappa shape index (κ1) is 38.3. The number of piperazine rings is 1. The number of fused-ring (bicyclic) bond motifs is 2. The average Bonchev–Trinajstić information content (AvgIpc) is 4.02. The zero-order valence-electron chi connectivity index (χ0n) is 30.5. The Labute approximate surface area is 318 Å². The van der Waals surface area contributed by atoms with Gasteiger partial charge in [-0.15, -0.1) is 0 Å². The molecule has 2 bridgehead atoms. The molecular formula is C41H47BrFN3O7. The number of carbonyl (C=O) groups is 3. The van der Waals surface area contributed by atoms with Gasteiger partial charge >= 0.3 is 5.97 Å². The fourth-order valence-corrected chi connectivity index (χ4v) is 7.56.